The average Bonchev–Trinajstić information content (AvgIpc) is 2.77. The van der Waals surface area contributed by atoms with Crippen LogP contribution in [0.25, 0.3) is 0 Å². The number of guanidine groups is 1. The molecule has 2 aromatic rings. The van der Waals surface area contributed by atoms with Gasteiger partial charge in [0.05, 0.1) is 10.7 Å². The van der Waals surface area contributed by atoms with Gasteiger partial charge in [0.25, 0.3) is 0 Å². The Morgan fingerprint density at radius 1 is 1.50 bits per heavy atom. The van der Waals surface area contributed by atoms with E-state index in [4.69, 9.17) is 33.7 Å². The van der Waals surface area contributed by atoms with Crippen LogP contribution < -0.4 is 20.7 Å². The minimum atomic E-state index is -2.77. The van der Waals surface area contributed by atoms with Gasteiger partial charge in [0.15, 0.2) is 11.6 Å². The van der Waals surface area contributed by atoms with Gasteiger partial charge in [0.1, 0.15) is 5.82 Å². The van der Waals surface area contributed by atoms with Gasteiger partial charge in [-0.3, -0.25) is 5.09 Å². The van der Waals surface area contributed by atoms with Gasteiger partial charge in [-0.1, -0.05) is 11.6 Å². The van der Waals surface area contributed by atoms with Crippen LogP contribution in [0.3, 0.4) is 0 Å². The van der Waals surface area contributed by atoms with E-state index >= 15 is 0 Å². The number of halogens is 2. The number of rotatable bonds is 2. The van der Waals surface area contributed by atoms with E-state index in [0.29, 0.717) is 17.3 Å². The first-order chi connectivity index (χ1) is 10.5. The van der Waals surface area contributed by atoms with E-state index in [1.165, 1.54) is 18.2 Å². The summed E-state index contributed by atoms with van der Waals surface area (Å²) in [5.41, 5.74) is 6.24. The van der Waals surface area contributed by atoms with Crippen molar-refractivity contribution < 1.29 is 8.91 Å². The first-order valence-electron chi connectivity index (χ1n) is 6.06. The molecule has 1 unspecified atom stereocenters. The predicted molar refractivity (Wildman–Crippen MR) is 89.4 cm³/mol. The van der Waals surface area contributed by atoms with Crippen molar-refractivity contribution in [3.63, 3.8) is 0 Å². The fraction of sp³-hybridized carbons (Fsp3) is 0. The molecule has 0 saturated heterocycles. The molecule has 10 heteroatoms. The lowest BCUT2D eigenvalue weighted by atomic mass is 10.3. The molecule has 1 aromatic heterocycles. The van der Waals surface area contributed by atoms with Gasteiger partial charge in [-0.15, -0.1) is 0 Å². The summed E-state index contributed by atoms with van der Waals surface area (Å²) in [7, 11) is 0. The number of hydrogen-bond donors (Lipinski definition) is 3. The Bertz CT molecular complexity index is 789. The van der Waals surface area contributed by atoms with Crippen molar-refractivity contribution in [3.05, 3.63) is 47.4 Å². The Balaban J connectivity index is 1.79. The van der Waals surface area contributed by atoms with E-state index in [1.807, 2.05) is 0 Å². The van der Waals surface area contributed by atoms with Crippen molar-refractivity contribution in [2.24, 2.45) is 10.5 Å². The van der Waals surface area contributed by atoms with Crippen molar-refractivity contribution >= 4 is 47.4 Å². The summed E-state index contributed by atoms with van der Waals surface area (Å²) >= 11 is 11.3. The van der Waals surface area contributed by atoms with Crippen molar-refractivity contribution in [2.75, 3.05) is 10.4 Å². The highest BCUT2D eigenvalue weighted by Gasteiger charge is 2.30. The molecule has 1 atom stereocenters. The molecule has 2 heterocycles. The summed E-state index contributed by atoms with van der Waals surface area (Å²) in [6.07, 6.45) is 1.61. The number of benzene rings is 1. The third-order valence-corrected chi connectivity index (χ3v) is 5.15. The number of fused-ring (bicyclic) bond motifs is 1. The number of nitrogens with zero attached hydrogens (tertiary/aromatic N) is 2. The third kappa shape index (κ3) is 3.14. The maximum absolute atomic E-state index is 13.0. The predicted octanol–water partition coefficient (Wildman–Crippen LogP) is 3.33. The minimum absolute atomic E-state index is 0.0112. The fourth-order valence-electron chi connectivity index (χ4n) is 1.78. The highest BCUT2D eigenvalue weighted by Crippen LogP contribution is 2.56. The first kappa shape index (κ1) is 15.0. The van der Waals surface area contributed by atoms with Gasteiger partial charge in [0, 0.05) is 6.20 Å². The van der Waals surface area contributed by atoms with Gasteiger partial charge < -0.3 is 15.6 Å². The van der Waals surface area contributed by atoms with Crippen molar-refractivity contribution in [1.29, 1.82) is 0 Å². The SMILES string of the molecule is N/C(=N\P1(=S)Nc2ncccc2O1)Nc1ccc(F)cc1Cl. The lowest BCUT2D eigenvalue weighted by molar-refractivity contribution is 0.628. The summed E-state index contributed by atoms with van der Waals surface area (Å²) in [6.45, 7) is -2.77. The molecule has 6 nitrogen and oxygen atoms in total. The largest absolute Gasteiger partial charge is 0.428 e. The van der Waals surface area contributed by atoms with Crippen molar-refractivity contribution in [1.82, 2.24) is 4.98 Å². The molecule has 0 saturated carbocycles. The molecule has 1 aliphatic rings. The maximum Gasteiger partial charge on any atom is 0.325 e. The third-order valence-electron chi connectivity index (χ3n) is 2.67. The van der Waals surface area contributed by atoms with Crippen LogP contribution in [0.5, 0.6) is 5.75 Å². The van der Waals surface area contributed by atoms with Gasteiger partial charge in [-0.25, -0.2) is 9.37 Å². The summed E-state index contributed by atoms with van der Waals surface area (Å²) < 4.78 is 22.8. The average molecular weight is 358 g/mol. The van der Waals surface area contributed by atoms with Gasteiger partial charge in [-0.2, -0.15) is 4.76 Å². The molecule has 1 aliphatic heterocycles. The van der Waals surface area contributed by atoms with Crippen LogP contribution in [0.15, 0.2) is 41.3 Å². The summed E-state index contributed by atoms with van der Waals surface area (Å²) in [6, 6.07) is 7.34. The fourth-order valence-corrected chi connectivity index (χ4v) is 4.08. The van der Waals surface area contributed by atoms with E-state index in [-0.39, 0.29) is 11.0 Å². The molecule has 1 aromatic carbocycles. The Hall–Kier alpha value is -1.89. The highest BCUT2D eigenvalue weighted by atomic mass is 35.5. The van der Waals surface area contributed by atoms with Crippen molar-refractivity contribution in [2.45, 2.75) is 0 Å². The zero-order chi connectivity index (χ0) is 15.7. The van der Waals surface area contributed by atoms with Gasteiger partial charge in [0.2, 0.25) is 5.96 Å². The molecule has 3 rings (SSSR count). The lowest BCUT2D eigenvalue weighted by Gasteiger charge is -2.12. The van der Waals surface area contributed by atoms with Crippen LogP contribution >= 0.6 is 18.2 Å². The quantitative estimate of drug-likeness (QED) is 0.434. The molecule has 114 valence electrons. The Morgan fingerprint density at radius 3 is 3.05 bits per heavy atom. The van der Waals surface area contributed by atoms with Crippen LogP contribution in [0.2, 0.25) is 5.02 Å². The van der Waals surface area contributed by atoms with E-state index in [1.54, 1.807) is 18.3 Å². The molecular formula is C12H10ClFN5OPS. The molecule has 0 aliphatic carbocycles. The molecule has 0 bridgehead atoms. The second-order valence-corrected chi connectivity index (χ2v) is 7.85. The number of nitrogens with one attached hydrogen (secondary N) is 2. The molecule has 22 heavy (non-hydrogen) atoms. The van der Waals surface area contributed by atoms with Crippen molar-refractivity contribution in [3.8, 4) is 5.75 Å². The van der Waals surface area contributed by atoms with E-state index in [9.17, 15) is 4.39 Å². The molecule has 0 radical (unpaired) electrons. The topological polar surface area (TPSA) is 84.6 Å². The van der Waals surface area contributed by atoms with Gasteiger partial charge in [-0.05, 0) is 42.1 Å². The second-order valence-electron chi connectivity index (χ2n) is 4.31. The molecule has 0 amide bonds. The van der Waals surface area contributed by atoms with Crippen LogP contribution in [0, 0.1) is 5.82 Å². The monoisotopic (exact) mass is 357 g/mol. The highest BCUT2D eigenvalue weighted by molar-refractivity contribution is 8.12. The Morgan fingerprint density at radius 2 is 2.32 bits per heavy atom. The minimum Gasteiger partial charge on any atom is -0.428 e. The number of pyridine rings is 1. The Labute approximate surface area is 135 Å². The number of nitrogens with two attached hydrogens (primary N) is 1. The van der Waals surface area contributed by atoms with E-state index < -0.39 is 12.4 Å². The van der Waals surface area contributed by atoms with E-state index in [2.05, 4.69) is 20.2 Å². The van der Waals surface area contributed by atoms with Crippen LogP contribution in [0.4, 0.5) is 15.9 Å². The van der Waals surface area contributed by atoms with Crippen LogP contribution in [-0.2, 0) is 11.8 Å². The first-order valence-corrected chi connectivity index (χ1v) is 9.11. The van der Waals surface area contributed by atoms with E-state index in [0.717, 1.165) is 0 Å². The smallest absolute Gasteiger partial charge is 0.325 e. The number of anilines is 2. The zero-order valence-electron chi connectivity index (χ0n) is 11.0. The lowest BCUT2D eigenvalue weighted by Crippen LogP contribution is -2.23. The summed E-state index contributed by atoms with van der Waals surface area (Å²) in [5, 5.41) is 5.89. The molecule has 0 spiro atoms. The van der Waals surface area contributed by atoms with Crippen LogP contribution in [-0.4, -0.2) is 10.9 Å². The normalized spacial score (nSPS) is 20.0. The summed E-state index contributed by atoms with van der Waals surface area (Å²) in [5.74, 6) is 0.627. The number of aromatic nitrogens is 1. The maximum atomic E-state index is 13.0. The standard InChI is InChI=1S/C12H10ClFN5OPS/c13-8-6-7(14)3-4-9(8)17-12(15)19-21(22)18-11-10(20-21)2-1-5-16-11/h1-6H,(H4,15,16,17,18,19,22). The van der Waals surface area contributed by atoms with Gasteiger partial charge >= 0.3 is 6.57 Å². The number of hydrogen-bond acceptors (Lipinski definition) is 3. The molecule has 0 fully saturated rings. The zero-order valence-corrected chi connectivity index (χ0v) is 13.4. The Kier molecular flexibility index (Phi) is 3.90. The molecular weight excluding hydrogens is 348 g/mol. The molecule has 4 N–H and O–H groups in total. The summed E-state index contributed by atoms with van der Waals surface area (Å²) in [4.78, 5) is 4.10. The second kappa shape index (κ2) is 5.72. The van der Waals surface area contributed by atoms with Crippen LogP contribution in [0.1, 0.15) is 0 Å².